The Balaban J connectivity index is 3.13. The minimum Gasteiger partial charge on any atom is -0.396 e. The Morgan fingerprint density at radius 3 is 2.80 bits per heavy atom. The quantitative estimate of drug-likeness (QED) is 0.445. The number of hydrogen-bond acceptors (Lipinski definition) is 2. The maximum absolute atomic E-state index is 8.46. The lowest BCUT2D eigenvalue weighted by atomic mass is 10.2. The van der Waals surface area contributed by atoms with Crippen molar-refractivity contribution in [2.24, 2.45) is 0 Å². The van der Waals surface area contributed by atoms with Gasteiger partial charge in [-0.2, -0.15) is 0 Å². The first-order chi connectivity index (χ1) is 4.81. The zero-order valence-corrected chi connectivity index (χ0v) is 6.18. The molecule has 0 unspecified atom stereocenters. The van der Waals surface area contributed by atoms with Gasteiger partial charge in [0.2, 0.25) is 0 Å². The second-order valence-corrected chi connectivity index (χ2v) is 2.03. The zero-order chi connectivity index (χ0) is 7.82. The minimum absolute atomic E-state index is 0.149. The summed E-state index contributed by atoms with van der Waals surface area (Å²) >= 11 is 0. The highest BCUT2D eigenvalue weighted by Crippen LogP contribution is 1.96. The van der Waals surface area contributed by atoms with Crippen molar-refractivity contribution in [2.75, 3.05) is 19.8 Å². The number of ether oxygens (including phenoxy) is 1. The molecule has 0 heterocycles. The smallest absolute Gasteiger partial charge is 0.0679 e. The van der Waals surface area contributed by atoms with Crippen molar-refractivity contribution in [2.45, 2.75) is 6.42 Å². The van der Waals surface area contributed by atoms with Crippen LogP contribution in [0.1, 0.15) is 6.42 Å². The standard InChI is InChI=1S/C8H14O2/c1-3-6-10-7-8(2)4-5-9/h3,9H,1-2,4-7H2. The van der Waals surface area contributed by atoms with Crippen LogP contribution in [0, 0.1) is 0 Å². The molecule has 0 amide bonds. The SMILES string of the molecule is C=CCOCC(=C)CCO. The van der Waals surface area contributed by atoms with E-state index in [1.165, 1.54) is 0 Å². The van der Waals surface area contributed by atoms with E-state index in [1.807, 2.05) is 0 Å². The summed E-state index contributed by atoms with van der Waals surface area (Å²) in [5.74, 6) is 0. The van der Waals surface area contributed by atoms with Gasteiger partial charge in [-0.25, -0.2) is 0 Å². The fourth-order valence-corrected chi connectivity index (χ4v) is 0.517. The van der Waals surface area contributed by atoms with Gasteiger partial charge in [0.25, 0.3) is 0 Å². The molecule has 10 heavy (non-hydrogen) atoms. The molecule has 0 saturated heterocycles. The van der Waals surface area contributed by atoms with Crippen LogP contribution in [0.5, 0.6) is 0 Å². The fourth-order valence-electron chi connectivity index (χ4n) is 0.517. The zero-order valence-electron chi connectivity index (χ0n) is 6.18. The monoisotopic (exact) mass is 142 g/mol. The molecular formula is C8H14O2. The Morgan fingerprint density at radius 1 is 1.60 bits per heavy atom. The largest absolute Gasteiger partial charge is 0.396 e. The highest BCUT2D eigenvalue weighted by molar-refractivity contribution is 4.93. The first-order valence-electron chi connectivity index (χ1n) is 3.27. The van der Waals surface area contributed by atoms with Crippen molar-refractivity contribution in [3.05, 3.63) is 24.8 Å². The molecule has 0 radical (unpaired) electrons. The van der Waals surface area contributed by atoms with Crippen LogP contribution in [-0.2, 0) is 4.74 Å². The summed E-state index contributed by atoms with van der Waals surface area (Å²) in [4.78, 5) is 0. The van der Waals surface area contributed by atoms with Crippen molar-refractivity contribution in [3.63, 3.8) is 0 Å². The molecule has 0 rings (SSSR count). The Labute approximate surface area is 61.8 Å². The molecule has 0 aliphatic carbocycles. The van der Waals surface area contributed by atoms with Crippen LogP contribution < -0.4 is 0 Å². The van der Waals surface area contributed by atoms with E-state index in [1.54, 1.807) is 6.08 Å². The molecule has 58 valence electrons. The van der Waals surface area contributed by atoms with Crippen molar-refractivity contribution < 1.29 is 9.84 Å². The average molecular weight is 142 g/mol. The van der Waals surface area contributed by atoms with Crippen molar-refractivity contribution in [1.29, 1.82) is 0 Å². The van der Waals surface area contributed by atoms with Gasteiger partial charge in [0.05, 0.1) is 13.2 Å². The Hall–Kier alpha value is -0.600. The van der Waals surface area contributed by atoms with Gasteiger partial charge in [0, 0.05) is 6.61 Å². The molecule has 1 N–H and O–H groups in total. The van der Waals surface area contributed by atoms with Crippen LogP contribution >= 0.6 is 0 Å². The molecule has 0 aliphatic rings. The van der Waals surface area contributed by atoms with Crippen LogP contribution in [0.15, 0.2) is 24.8 Å². The molecule has 0 fully saturated rings. The van der Waals surface area contributed by atoms with E-state index in [-0.39, 0.29) is 6.61 Å². The predicted octanol–water partition coefficient (Wildman–Crippen LogP) is 1.13. The maximum atomic E-state index is 8.46. The molecule has 0 bridgehead atoms. The number of aliphatic hydroxyl groups is 1. The lowest BCUT2D eigenvalue weighted by Crippen LogP contribution is -1.98. The summed E-state index contributed by atoms with van der Waals surface area (Å²) in [5.41, 5.74) is 0.921. The van der Waals surface area contributed by atoms with Gasteiger partial charge in [-0.15, -0.1) is 6.58 Å². The van der Waals surface area contributed by atoms with E-state index in [4.69, 9.17) is 9.84 Å². The summed E-state index contributed by atoms with van der Waals surface area (Å²) in [5, 5.41) is 8.46. The van der Waals surface area contributed by atoms with E-state index in [9.17, 15) is 0 Å². The van der Waals surface area contributed by atoms with Gasteiger partial charge in [-0.1, -0.05) is 12.7 Å². The second-order valence-electron chi connectivity index (χ2n) is 2.03. The number of aliphatic hydroxyl groups excluding tert-OH is 1. The molecular weight excluding hydrogens is 128 g/mol. The fraction of sp³-hybridized carbons (Fsp3) is 0.500. The van der Waals surface area contributed by atoms with Crippen molar-refractivity contribution in [1.82, 2.24) is 0 Å². The van der Waals surface area contributed by atoms with E-state index >= 15 is 0 Å². The lowest BCUT2D eigenvalue weighted by molar-refractivity contribution is 0.180. The summed E-state index contributed by atoms with van der Waals surface area (Å²) < 4.78 is 5.07. The molecule has 0 aromatic heterocycles. The summed E-state index contributed by atoms with van der Waals surface area (Å²) in [6.07, 6.45) is 2.31. The maximum Gasteiger partial charge on any atom is 0.0679 e. The van der Waals surface area contributed by atoms with E-state index in [0.29, 0.717) is 19.6 Å². The van der Waals surface area contributed by atoms with Gasteiger partial charge in [-0.05, 0) is 12.0 Å². The highest BCUT2D eigenvalue weighted by atomic mass is 16.5. The van der Waals surface area contributed by atoms with E-state index < -0.39 is 0 Å². The van der Waals surface area contributed by atoms with Crippen molar-refractivity contribution >= 4 is 0 Å². The molecule has 0 aliphatic heterocycles. The van der Waals surface area contributed by atoms with Gasteiger partial charge < -0.3 is 9.84 Å². The number of hydrogen-bond donors (Lipinski definition) is 1. The van der Waals surface area contributed by atoms with Crippen LogP contribution in [0.3, 0.4) is 0 Å². The molecule has 0 saturated carbocycles. The first kappa shape index (κ1) is 9.40. The van der Waals surface area contributed by atoms with Crippen LogP contribution in [0.4, 0.5) is 0 Å². The van der Waals surface area contributed by atoms with Gasteiger partial charge in [-0.3, -0.25) is 0 Å². The number of rotatable bonds is 6. The van der Waals surface area contributed by atoms with Gasteiger partial charge in [0.1, 0.15) is 0 Å². The van der Waals surface area contributed by atoms with Gasteiger partial charge >= 0.3 is 0 Å². The topological polar surface area (TPSA) is 29.5 Å². The van der Waals surface area contributed by atoms with E-state index in [0.717, 1.165) is 5.57 Å². The summed E-state index contributed by atoms with van der Waals surface area (Å²) in [6, 6.07) is 0. The lowest BCUT2D eigenvalue weighted by Gasteiger charge is -2.02. The Bertz CT molecular complexity index is 108. The van der Waals surface area contributed by atoms with Crippen LogP contribution in [0.2, 0.25) is 0 Å². The average Bonchev–Trinajstić information content (AvgIpc) is 1.89. The molecule has 0 aromatic carbocycles. The third kappa shape index (κ3) is 5.54. The molecule has 2 nitrogen and oxygen atoms in total. The van der Waals surface area contributed by atoms with Crippen molar-refractivity contribution in [3.8, 4) is 0 Å². The van der Waals surface area contributed by atoms with Crippen LogP contribution in [-0.4, -0.2) is 24.9 Å². The Morgan fingerprint density at radius 2 is 2.30 bits per heavy atom. The van der Waals surface area contributed by atoms with Crippen LogP contribution in [0.25, 0.3) is 0 Å². The van der Waals surface area contributed by atoms with E-state index in [2.05, 4.69) is 13.2 Å². The first-order valence-corrected chi connectivity index (χ1v) is 3.27. The Kier molecular flexibility index (Phi) is 6.13. The van der Waals surface area contributed by atoms with Gasteiger partial charge in [0.15, 0.2) is 0 Å². The third-order valence-electron chi connectivity index (χ3n) is 1.01. The highest BCUT2D eigenvalue weighted by Gasteiger charge is 1.90. The summed E-state index contributed by atoms with van der Waals surface area (Å²) in [7, 11) is 0. The third-order valence-corrected chi connectivity index (χ3v) is 1.01. The molecule has 0 spiro atoms. The second kappa shape index (κ2) is 6.52. The predicted molar refractivity (Wildman–Crippen MR) is 41.9 cm³/mol. The summed E-state index contributed by atoms with van der Waals surface area (Å²) in [6.45, 7) is 8.41. The molecule has 2 heteroatoms. The molecule has 0 atom stereocenters. The molecule has 0 aromatic rings. The minimum atomic E-state index is 0.149. The normalized spacial score (nSPS) is 9.30.